The highest BCUT2D eigenvalue weighted by Gasteiger charge is 2.08. The smallest absolute Gasteiger partial charge is 0.336 e. The van der Waals surface area contributed by atoms with Crippen molar-refractivity contribution in [1.29, 1.82) is 0 Å². The van der Waals surface area contributed by atoms with Crippen molar-refractivity contribution in [2.45, 2.75) is 11.3 Å². The van der Waals surface area contributed by atoms with Gasteiger partial charge in [-0.1, -0.05) is 18.2 Å². The van der Waals surface area contributed by atoms with Crippen molar-refractivity contribution in [2.24, 2.45) is 0 Å². The SMILES string of the molecule is O=C(O)c1ccccc1SCCc1ccccn1. The summed E-state index contributed by atoms with van der Waals surface area (Å²) in [4.78, 5) is 16.1. The van der Waals surface area contributed by atoms with E-state index in [1.165, 1.54) is 0 Å². The zero-order valence-corrected chi connectivity index (χ0v) is 10.6. The standard InChI is InChI=1S/C14H13NO2S/c16-14(17)12-6-1-2-7-13(12)18-10-8-11-5-3-4-9-15-11/h1-7,9H,8,10H2,(H,16,17). The average molecular weight is 259 g/mol. The van der Waals surface area contributed by atoms with E-state index in [0.717, 1.165) is 22.8 Å². The molecule has 2 aromatic rings. The van der Waals surface area contributed by atoms with Gasteiger partial charge in [0, 0.05) is 22.5 Å². The fraction of sp³-hybridized carbons (Fsp3) is 0.143. The molecule has 1 N–H and O–H groups in total. The summed E-state index contributed by atoms with van der Waals surface area (Å²) in [7, 11) is 0. The van der Waals surface area contributed by atoms with Crippen molar-refractivity contribution in [1.82, 2.24) is 4.98 Å². The minimum Gasteiger partial charge on any atom is -0.478 e. The molecule has 1 aromatic carbocycles. The first-order valence-electron chi connectivity index (χ1n) is 5.62. The summed E-state index contributed by atoms with van der Waals surface area (Å²) in [5, 5.41) is 9.06. The first kappa shape index (κ1) is 12.6. The van der Waals surface area contributed by atoms with Crippen molar-refractivity contribution in [3.63, 3.8) is 0 Å². The Bertz CT molecular complexity index is 528. The van der Waals surface area contributed by atoms with Gasteiger partial charge in [0.05, 0.1) is 5.56 Å². The normalized spacial score (nSPS) is 10.2. The lowest BCUT2D eigenvalue weighted by Gasteiger charge is -2.05. The van der Waals surface area contributed by atoms with Gasteiger partial charge in [-0.3, -0.25) is 4.98 Å². The fourth-order valence-corrected chi connectivity index (χ4v) is 2.60. The molecular weight excluding hydrogens is 246 g/mol. The molecule has 0 unspecified atom stereocenters. The Morgan fingerprint density at radius 2 is 1.94 bits per heavy atom. The van der Waals surface area contributed by atoms with Crippen LogP contribution < -0.4 is 0 Å². The third-order valence-corrected chi connectivity index (χ3v) is 3.53. The zero-order valence-electron chi connectivity index (χ0n) is 9.74. The van der Waals surface area contributed by atoms with Gasteiger partial charge in [-0.15, -0.1) is 11.8 Å². The maximum atomic E-state index is 11.0. The van der Waals surface area contributed by atoms with Crippen LogP contribution in [0, 0.1) is 0 Å². The van der Waals surface area contributed by atoms with Gasteiger partial charge in [-0.25, -0.2) is 4.79 Å². The maximum absolute atomic E-state index is 11.0. The highest BCUT2D eigenvalue weighted by molar-refractivity contribution is 7.99. The van der Waals surface area contributed by atoms with Crippen molar-refractivity contribution in [2.75, 3.05) is 5.75 Å². The summed E-state index contributed by atoms with van der Waals surface area (Å²) >= 11 is 1.55. The van der Waals surface area contributed by atoms with Crippen molar-refractivity contribution in [3.05, 3.63) is 59.9 Å². The molecule has 0 bridgehead atoms. The number of hydrogen-bond acceptors (Lipinski definition) is 3. The van der Waals surface area contributed by atoms with Gasteiger partial charge in [0.25, 0.3) is 0 Å². The average Bonchev–Trinajstić information content (AvgIpc) is 2.40. The number of carboxylic acid groups (broad SMARTS) is 1. The molecule has 4 heteroatoms. The number of thioether (sulfide) groups is 1. The summed E-state index contributed by atoms with van der Waals surface area (Å²) in [5.74, 6) is -0.0580. The molecule has 0 aliphatic heterocycles. The largest absolute Gasteiger partial charge is 0.478 e. The second kappa shape index (κ2) is 6.21. The van der Waals surface area contributed by atoms with E-state index >= 15 is 0 Å². The van der Waals surface area contributed by atoms with E-state index in [9.17, 15) is 4.79 Å². The lowest BCUT2D eigenvalue weighted by molar-refractivity contribution is 0.0693. The van der Waals surface area contributed by atoms with E-state index in [1.807, 2.05) is 30.3 Å². The van der Waals surface area contributed by atoms with E-state index in [4.69, 9.17) is 5.11 Å². The molecule has 0 aliphatic rings. The lowest BCUT2D eigenvalue weighted by Crippen LogP contribution is -1.99. The Balaban J connectivity index is 1.97. The van der Waals surface area contributed by atoms with Crippen LogP contribution in [0.15, 0.2) is 53.6 Å². The highest BCUT2D eigenvalue weighted by Crippen LogP contribution is 2.23. The van der Waals surface area contributed by atoms with Crippen LogP contribution in [0.3, 0.4) is 0 Å². The van der Waals surface area contributed by atoms with E-state index < -0.39 is 5.97 Å². The van der Waals surface area contributed by atoms with Crippen molar-refractivity contribution >= 4 is 17.7 Å². The molecule has 0 saturated carbocycles. The molecule has 0 saturated heterocycles. The second-order valence-corrected chi connectivity index (χ2v) is 4.86. The van der Waals surface area contributed by atoms with Crippen LogP contribution in [-0.2, 0) is 6.42 Å². The number of aromatic carboxylic acids is 1. The Hall–Kier alpha value is -1.81. The molecule has 92 valence electrons. The molecule has 3 nitrogen and oxygen atoms in total. The Labute approximate surface area is 110 Å². The van der Waals surface area contributed by atoms with Crippen LogP contribution in [0.5, 0.6) is 0 Å². The van der Waals surface area contributed by atoms with Crippen LogP contribution in [0.2, 0.25) is 0 Å². The van der Waals surface area contributed by atoms with E-state index in [1.54, 1.807) is 30.1 Å². The minimum absolute atomic E-state index is 0.364. The summed E-state index contributed by atoms with van der Waals surface area (Å²) in [6.07, 6.45) is 2.60. The van der Waals surface area contributed by atoms with Crippen molar-refractivity contribution in [3.8, 4) is 0 Å². The van der Waals surface area contributed by atoms with Gasteiger partial charge in [0.1, 0.15) is 0 Å². The van der Waals surface area contributed by atoms with Gasteiger partial charge in [-0.2, -0.15) is 0 Å². The number of aromatic nitrogens is 1. The number of carbonyl (C=O) groups is 1. The molecule has 0 atom stereocenters. The molecule has 0 spiro atoms. The number of benzene rings is 1. The topological polar surface area (TPSA) is 50.2 Å². The van der Waals surface area contributed by atoms with Gasteiger partial charge < -0.3 is 5.11 Å². The van der Waals surface area contributed by atoms with Crippen LogP contribution in [0.4, 0.5) is 0 Å². The third-order valence-electron chi connectivity index (χ3n) is 2.46. The second-order valence-electron chi connectivity index (χ2n) is 3.72. The Kier molecular flexibility index (Phi) is 4.36. The highest BCUT2D eigenvalue weighted by atomic mass is 32.2. The maximum Gasteiger partial charge on any atom is 0.336 e. The zero-order chi connectivity index (χ0) is 12.8. The van der Waals surface area contributed by atoms with Crippen LogP contribution in [-0.4, -0.2) is 21.8 Å². The van der Waals surface area contributed by atoms with Crippen LogP contribution in [0.25, 0.3) is 0 Å². The van der Waals surface area contributed by atoms with Crippen molar-refractivity contribution < 1.29 is 9.90 Å². The number of pyridine rings is 1. The minimum atomic E-state index is -0.879. The molecule has 1 aromatic heterocycles. The van der Waals surface area contributed by atoms with Gasteiger partial charge in [0.2, 0.25) is 0 Å². The summed E-state index contributed by atoms with van der Waals surface area (Å²) in [5.41, 5.74) is 1.39. The number of carboxylic acids is 1. The fourth-order valence-electron chi connectivity index (χ4n) is 1.58. The van der Waals surface area contributed by atoms with Crippen LogP contribution in [0.1, 0.15) is 16.1 Å². The van der Waals surface area contributed by atoms with E-state index in [2.05, 4.69) is 4.98 Å². The molecule has 1 heterocycles. The summed E-state index contributed by atoms with van der Waals surface area (Å²) in [6.45, 7) is 0. The Morgan fingerprint density at radius 1 is 1.17 bits per heavy atom. The molecule has 0 amide bonds. The monoisotopic (exact) mass is 259 g/mol. The molecular formula is C14H13NO2S. The lowest BCUT2D eigenvalue weighted by atomic mass is 10.2. The predicted molar refractivity (Wildman–Crippen MR) is 72.1 cm³/mol. The number of rotatable bonds is 5. The first-order chi connectivity index (χ1) is 8.77. The Morgan fingerprint density at radius 3 is 2.67 bits per heavy atom. The first-order valence-corrected chi connectivity index (χ1v) is 6.61. The molecule has 18 heavy (non-hydrogen) atoms. The molecule has 0 radical (unpaired) electrons. The molecule has 0 fully saturated rings. The molecule has 0 aliphatic carbocycles. The third kappa shape index (κ3) is 3.34. The van der Waals surface area contributed by atoms with E-state index in [0.29, 0.717) is 5.56 Å². The number of hydrogen-bond donors (Lipinski definition) is 1. The predicted octanol–water partition coefficient (Wildman–Crippen LogP) is 3.11. The van der Waals surface area contributed by atoms with Gasteiger partial charge in [-0.05, 0) is 30.7 Å². The van der Waals surface area contributed by atoms with E-state index in [-0.39, 0.29) is 0 Å². The number of nitrogens with zero attached hydrogens (tertiary/aromatic N) is 1. The molecule has 2 rings (SSSR count). The van der Waals surface area contributed by atoms with Gasteiger partial charge in [0.15, 0.2) is 0 Å². The van der Waals surface area contributed by atoms with Gasteiger partial charge >= 0.3 is 5.97 Å². The number of aryl methyl sites for hydroxylation is 1. The summed E-state index contributed by atoms with van der Waals surface area (Å²) < 4.78 is 0. The summed E-state index contributed by atoms with van der Waals surface area (Å²) in [6, 6.07) is 12.9. The quantitative estimate of drug-likeness (QED) is 0.838. The van der Waals surface area contributed by atoms with Crippen LogP contribution >= 0.6 is 11.8 Å².